The summed E-state index contributed by atoms with van der Waals surface area (Å²) < 4.78 is 72.6. The van der Waals surface area contributed by atoms with Crippen molar-refractivity contribution in [3.63, 3.8) is 0 Å². The predicted octanol–water partition coefficient (Wildman–Crippen LogP) is 3.43. The molecule has 10 nitrogen and oxygen atoms in total. The highest BCUT2D eigenvalue weighted by Crippen LogP contribution is 2.28. The Morgan fingerprint density at radius 1 is 1.13 bits per heavy atom. The first kappa shape index (κ1) is 27.0. The van der Waals surface area contributed by atoms with Gasteiger partial charge in [-0.25, -0.2) is 27.9 Å². The van der Waals surface area contributed by atoms with E-state index in [4.69, 9.17) is 4.74 Å². The summed E-state index contributed by atoms with van der Waals surface area (Å²) in [5.41, 5.74) is 2.46. The quantitative estimate of drug-likeness (QED) is 0.472. The lowest BCUT2D eigenvalue weighted by Crippen LogP contribution is -2.43. The predicted molar refractivity (Wildman–Crippen MR) is 134 cm³/mol. The van der Waals surface area contributed by atoms with Gasteiger partial charge in [0.05, 0.1) is 4.90 Å². The Hall–Kier alpha value is -3.56. The van der Waals surface area contributed by atoms with E-state index >= 15 is 0 Å². The van der Waals surface area contributed by atoms with Crippen LogP contribution in [0.25, 0.3) is 0 Å². The summed E-state index contributed by atoms with van der Waals surface area (Å²) in [4.78, 5) is 32.7. The second-order valence-electron chi connectivity index (χ2n) is 9.08. The first-order chi connectivity index (χ1) is 18.5. The molecule has 2 aliphatic rings. The van der Waals surface area contributed by atoms with Crippen molar-refractivity contribution in [3.05, 3.63) is 64.3 Å². The molecule has 2 amide bonds. The molecule has 1 aliphatic heterocycles. The molecule has 15 heteroatoms. The molecule has 0 spiro atoms. The van der Waals surface area contributed by atoms with Crippen LogP contribution in [0.4, 0.5) is 23.9 Å². The summed E-state index contributed by atoms with van der Waals surface area (Å²) >= 11 is 1.26. The number of anilines is 1. The first-order valence-corrected chi connectivity index (χ1v) is 14.2. The summed E-state index contributed by atoms with van der Waals surface area (Å²) in [6.45, 7) is -0.408. The molecule has 39 heavy (non-hydrogen) atoms. The number of hydrogen-bond donors (Lipinski definition) is 2. The Bertz CT molecular complexity index is 1510. The third kappa shape index (κ3) is 6.20. The summed E-state index contributed by atoms with van der Waals surface area (Å²) in [6.07, 6.45) is -2.82. The molecule has 3 heterocycles. The largest absolute Gasteiger partial charge is 0.471 e. The van der Waals surface area contributed by atoms with Crippen LogP contribution in [0.2, 0.25) is 0 Å². The van der Waals surface area contributed by atoms with Crippen molar-refractivity contribution in [3.8, 4) is 5.06 Å². The fourth-order valence-electron chi connectivity index (χ4n) is 4.54. The topological polar surface area (TPSA) is 131 Å². The minimum Gasteiger partial charge on any atom is -0.399 e. The average molecular weight is 582 g/mol. The van der Waals surface area contributed by atoms with Crippen LogP contribution in [0.1, 0.15) is 28.8 Å². The lowest BCUT2D eigenvalue weighted by atomic mass is 9.94. The zero-order valence-corrected chi connectivity index (χ0v) is 21.8. The van der Waals surface area contributed by atoms with Gasteiger partial charge in [-0.3, -0.25) is 10.1 Å². The minimum absolute atomic E-state index is 0.0708. The van der Waals surface area contributed by atoms with Crippen molar-refractivity contribution < 1.29 is 35.9 Å². The number of thiophene rings is 1. The van der Waals surface area contributed by atoms with Gasteiger partial charge in [0.2, 0.25) is 16.0 Å². The number of nitrogens with one attached hydrogen (secondary N) is 2. The van der Waals surface area contributed by atoms with Crippen LogP contribution >= 0.6 is 11.3 Å². The number of nitrogens with zero attached hydrogens (tertiary/aromatic N) is 3. The highest BCUT2D eigenvalue weighted by molar-refractivity contribution is 7.89. The molecule has 1 unspecified atom stereocenters. The van der Waals surface area contributed by atoms with Crippen molar-refractivity contribution in [2.75, 3.05) is 11.9 Å². The van der Waals surface area contributed by atoms with Gasteiger partial charge in [-0.05, 0) is 72.0 Å². The maximum absolute atomic E-state index is 13.1. The number of carbonyl (C=O) groups excluding carboxylic acids is 2. The Labute approximate surface area is 225 Å². The molecule has 1 aromatic carbocycles. The number of rotatable bonds is 5. The van der Waals surface area contributed by atoms with Crippen LogP contribution in [-0.4, -0.2) is 54.0 Å². The molecule has 1 atom stereocenters. The number of sulfonamides is 1. The van der Waals surface area contributed by atoms with Crippen molar-refractivity contribution in [1.82, 2.24) is 19.6 Å². The molecule has 0 saturated heterocycles. The van der Waals surface area contributed by atoms with Crippen LogP contribution in [0.3, 0.4) is 0 Å². The summed E-state index contributed by atoms with van der Waals surface area (Å²) in [7, 11) is -4.00. The van der Waals surface area contributed by atoms with E-state index in [9.17, 15) is 31.2 Å². The monoisotopic (exact) mass is 581 g/mol. The summed E-state index contributed by atoms with van der Waals surface area (Å²) in [6, 6.07) is 7.23. The van der Waals surface area contributed by atoms with Gasteiger partial charge in [0.1, 0.15) is 0 Å². The van der Waals surface area contributed by atoms with Crippen molar-refractivity contribution in [1.29, 1.82) is 0 Å². The highest BCUT2D eigenvalue weighted by atomic mass is 32.2. The Balaban J connectivity index is 1.23. The molecule has 2 aromatic heterocycles. The summed E-state index contributed by atoms with van der Waals surface area (Å²) in [5.74, 6) is -1.87. The van der Waals surface area contributed by atoms with Crippen molar-refractivity contribution >= 4 is 39.3 Å². The summed E-state index contributed by atoms with van der Waals surface area (Å²) in [5, 5.41) is 4.66. The molecule has 0 bridgehead atoms. The standard InChI is InChI=1S/C24H22F3N5O5S2/c25-24(26,27)21(33)32-8-7-14-3-5-18(11-16(14)13-32)39(35,36)31-17-4-6-19-15(10-17)12-28-22(29-19)30-23(34)37-20-2-1-9-38-20/h1-3,5,9,11-12,17,31H,4,6-8,10,13H2,(H,28,29,30,34). The molecule has 206 valence electrons. The maximum atomic E-state index is 13.1. The maximum Gasteiger partial charge on any atom is 0.471 e. The molecule has 3 aromatic rings. The molecule has 0 saturated carbocycles. The number of fused-ring (bicyclic) bond motifs is 2. The number of halogens is 3. The lowest BCUT2D eigenvalue weighted by Gasteiger charge is -2.30. The Kier molecular flexibility index (Phi) is 7.31. The van der Waals surface area contributed by atoms with E-state index in [1.165, 1.54) is 29.7 Å². The molecule has 0 radical (unpaired) electrons. The van der Waals surface area contributed by atoms with Gasteiger partial charge in [0, 0.05) is 31.0 Å². The van der Waals surface area contributed by atoms with E-state index in [1.54, 1.807) is 23.6 Å². The fourth-order valence-corrected chi connectivity index (χ4v) is 6.43. The van der Waals surface area contributed by atoms with Crippen LogP contribution < -0.4 is 14.8 Å². The van der Waals surface area contributed by atoms with E-state index in [1.807, 2.05) is 0 Å². The number of carbonyl (C=O) groups is 2. The zero-order chi connectivity index (χ0) is 27.8. The molecular formula is C24H22F3N5O5S2. The van der Waals surface area contributed by atoms with Gasteiger partial charge < -0.3 is 9.64 Å². The third-order valence-corrected chi connectivity index (χ3v) is 8.67. The lowest BCUT2D eigenvalue weighted by molar-refractivity contribution is -0.186. The Morgan fingerprint density at radius 2 is 1.95 bits per heavy atom. The average Bonchev–Trinajstić information content (AvgIpc) is 3.39. The minimum atomic E-state index is -4.99. The van der Waals surface area contributed by atoms with Crippen LogP contribution in [0.5, 0.6) is 5.06 Å². The van der Waals surface area contributed by atoms with E-state index in [0.29, 0.717) is 46.0 Å². The van der Waals surface area contributed by atoms with E-state index < -0.39 is 34.2 Å². The number of hydrogen-bond acceptors (Lipinski definition) is 8. The zero-order valence-electron chi connectivity index (χ0n) is 20.2. The van der Waals surface area contributed by atoms with Crippen molar-refractivity contribution in [2.24, 2.45) is 0 Å². The molecular weight excluding hydrogens is 559 g/mol. The van der Waals surface area contributed by atoms with Crippen LogP contribution in [-0.2, 0) is 40.6 Å². The first-order valence-electron chi connectivity index (χ1n) is 11.9. The van der Waals surface area contributed by atoms with Gasteiger partial charge in [0.15, 0.2) is 5.06 Å². The van der Waals surface area contributed by atoms with Gasteiger partial charge >= 0.3 is 18.2 Å². The number of alkyl halides is 3. The highest BCUT2D eigenvalue weighted by Gasteiger charge is 2.43. The number of ether oxygens (including phenoxy) is 1. The van der Waals surface area contributed by atoms with Gasteiger partial charge in [-0.1, -0.05) is 6.07 Å². The van der Waals surface area contributed by atoms with Crippen molar-refractivity contribution in [2.45, 2.75) is 49.3 Å². The molecule has 2 N–H and O–H groups in total. The van der Waals surface area contributed by atoms with Gasteiger partial charge in [-0.2, -0.15) is 13.2 Å². The molecule has 5 rings (SSSR count). The number of benzene rings is 1. The fraction of sp³-hybridized carbons (Fsp3) is 0.333. The second kappa shape index (κ2) is 10.5. The van der Waals surface area contributed by atoms with E-state index in [2.05, 4.69) is 20.0 Å². The van der Waals surface area contributed by atoms with Gasteiger partial charge in [0.25, 0.3) is 0 Å². The SMILES string of the molecule is O=C(Nc1ncc2c(n1)CCC(NS(=O)(=O)c1ccc3c(c1)CN(C(=O)C(F)(F)F)CC3)C2)Oc1cccs1. The molecule has 0 fully saturated rings. The normalized spacial score (nSPS) is 17.2. The van der Waals surface area contributed by atoms with Gasteiger partial charge in [-0.15, -0.1) is 11.3 Å². The Morgan fingerprint density at radius 3 is 2.69 bits per heavy atom. The van der Waals surface area contributed by atoms with E-state index in [0.717, 1.165) is 5.56 Å². The second-order valence-corrected chi connectivity index (χ2v) is 11.7. The van der Waals surface area contributed by atoms with E-state index in [-0.39, 0.29) is 30.4 Å². The third-order valence-electron chi connectivity index (χ3n) is 6.40. The van der Waals surface area contributed by atoms with Crippen LogP contribution in [0.15, 0.2) is 46.8 Å². The number of amides is 2. The smallest absolute Gasteiger partial charge is 0.399 e. The molecule has 1 aliphatic carbocycles. The number of aryl methyl sites for hydroxylation is 1. The van der Waals surface area contributed by atoms with Crippen LogP contribution in [0, 0.1) is 0 Å². The number of aromatic nitrogens is 2.